The number of hydrogen-bond donors (Lipinski definition) is 1. The van der Waals surface area contributed by atoms with Crippen molar-refractivity contribution in [1.82, 2.24) is 9.55 Å². The van der Waals surface area contributed by atoms with E-state index in [1.165, 1.54) is 40.6 Å². The molecule has 2 aromatic heterocycles. The van der Waals surface area contributed by atoms with Gasteiger partial charge in [0, 0.05) is 18.7 Å². The number of fused-ring (bicyclic) bond motifs is 1. The van der Waals surface area contributed by atoms with Crippen LogP contribution in [0.5, 0.6) is 0 Å². The Morgan fingerprint density at radius 2 is 2.04 bits per heavy atom. The third-order valence-corrected chi connectivity index (χ3v) is 4.91. The van der Waals surface area contributed by atoms with Crippen molar-refractivity contribution in [3.05, 3.63) is 58.0 Å². The second-order valence-corrected chi connectivity index (χ2v) is 6.88. The topological polar surface area (TPSA) is 64.0 Å². The van der Waals surface area contributed by atoms with Crippen LogP contribution in [0, 0.1) is 0 Å². The highest BCUT2D eigenvalue weighted by Gasteiger charge is 2.07. The van der Waals surface area contributed by atoms with Gasteiger partial charge in [-0.25, -0.2) is 4.98 Å². The molecule has 3 rings (SSSR count). The highest BCUT2D eigenvalue weighted by Crippen LogP contribution is 2.14. The summed E-state index contributed by atoms with van der Waals surface area (Å²) in [4.78, 5) is 29.4. The molecular weight excluding hydrogens is 334 g/mol. The van der Waals surface area contributed by atoms with Crippen LogP contribution in [0.2, 0.25) is 0 Å². The first-order valence-electron chi connectivity index (χ1n) is 8.49. The molecule has 0 radical (unpaired) electrons. The number of nitrogens with one attached hydrogen (secondary N) is 1. The Labute approximate surface area is 150 Å². The van der Waals surface area contributed by atoms with Crippen LogP contribution in [0.4, 0.5) is 5.69 Å². The first-order chi connectivity index (χ1) is 12.2. The van der Waals surface area contributed by atoms with Crippen LogP contribution >= 0.6 is 11.3 Å². The van der Waals surface area contributed by atoms with Crippen LogP contribution < -0.4 is 10.9 Å². The third kappa shape index (κ3) is 4.33. The van der Waals surface area contributed by atoms with Gasteiger partial charge in [-0.3, -0.25) is 14.2 Å². The van der Waals surface area contributed by atoms with Crippen LogP contribution in [0.15, 0.2) is 46.8 Å². The molecule has 0 spiro atoms. The van der Waals surface area contributed by atoms with Crippen LogP contribution in [0.25, 0.3) is 10.2 Å². The first-order valence-corrected chi connectivity index (χ1v) is 9.37. The minimum absolute atomic E-state index is 0.0978. The Bertz CT molecular complexity index is 912. The van der Waals surface area contributed by atoms with Gasteiger partial charge >= 0.3 is 0 Å². The van der Waals surface area contributed by atoms with Crippen molar-refractivity contribution in [2.45, 2.75) is 39.2 Å². The molecule has 0 saturated carbocycles. The fourth-order valence-corrected chi connectivity index (χ4v) is 3.36. The van der Waals surface area contributed by atoms with Gasteiger partial charge in [-0.05, 0) is 42.0 Å². The molecule has 1 N–H and O–H groups in total. The Hall–Kier alpha value is -2.47. The molecule has 25 heavy (non-hydrogen) atoms. The maximum absolute atomic E-state index is 12.3. The molecule has 0 saturated heterocycles. The van der Waals surface area contributed by atoms with Gasteiger partial charge in [-0.1, -0.05) is 25.5 Å². The molecule has 3 aromatic rings. The lowest BCUT2D eigenvalue weighted by Crippen LogP contribution is -2.23. The molecule has 0 unspecified atom stereocenters. The number of benzene rings is 1. The number of aryl methyl sites for hydroxylation is 2. The lowest BCUT2D eigenvalue weighted by Gasteiger charge is -2.08. The third-order valence-electron chi connectivity index (χ3n) is 4.09. The molecule has 1 aromatic carbocycles. The van der Waals surface area contributed by atoms with Gasteiger partial charge in [0.05, 0.1) is 11.7 Å². The largest absolute Gasteiger partial charge is 0.326 e. The average Bonchev–Trinajstić information content (AvgIpc) is 3.10. The van der Waals surface area contributed by atoms with E-state index in [4.69, 9.17) is 0 Å². The van der Waals surface area contributed by atoms with Crippen molar-refractivity contribution in [3.8, 4) is 0 Å². The van der Waals surface area contributed by atoms with Crippen LogP contribution in [-0.2, 0) is 17.8 Å². The zero-order chi connectivity index (χ0) is 17.6. The Balaban J connectivity index is 1.57. The minimum atomic E-state index is -0.112. The van der Waals surface area contributed by atoms with E-state index in [2.05, 4.69) is 17.2 Å². The molecular formula is C19H21N3O2S. The maximum Gasteiger partial charge on any atom is 0.262 e. The predicted molar refractivity (Wildman–Crippen MR) is 102 cm³/mol. The van der Waals surface area contributed by atoms with Crippen molar-refractivity contribution in [1.29, 1.82) is 0 Å². The number of nitrogens with zero attached hydrogens (tertiary/aromatic N) is 2. The van der Waals surface area contributed by atoms with Gasteiger partial charge in [0.1, 0.15) is 4.83 Å². The molecule has 6 heteroatoms. The van der Waals surface area contributed by atoms with Crippen molar-refractivity contribution < 1.29 is 4.79 Å². The number of carbonyl (C=O) groups excluding carboxylic acids is 1. The lowest BCUT2D eigenvalue weighted by molar-refractivity contribution is -0.116. The van der Waals surface area contributed by atoms with Gasteiger partial charge in [0.25, 0.3) is 5.56 Å². The quantitative estimate of drug-likeness (QED) is 0.700. The molecule has 1 amide bonds. The number of aromatic nitrogens is 2. The monoisotopic (exact) mass is 355 g/mol. The van der Waals surface area contributed by atoms with Gasteiger partial charge < -0.3 is 5.32 Å². The van der Waals surface area contributed by atoms with Gasteiger partial charge in [0.15, 0.2) is 0 Å². The second kappa shape index (κ2) is 8.07. The number of amides is 1. The lowest BCUT2D eigenvalue weighted by atomic mass is 10.1. The summed E-state index contributed by atoms with van der Waals surface area (Å²) in [5, 5.41) is 5.33. The first kappa shape index (κ1) is 17.4. The minimum Gasteiger partial charge on any atom is -0.326 e. The molecule has 0 atom stereocenters. The highest BCUT2D eigenvalue weighted by molar-refractivity contribution is 7.16. The number of unbranched alkanes of at least 4 members (excludes halogenated alkanes) is 1. The Morgan fingerprint density at radius 1 is 1.24 bits per heavy atom. The molecule has 2 heterocycles. The molecule has 0 fully saturated rings. The number of anilines is 1. The predicted octanol–water partition coefficient (Wildman–Crippen LogP) is 3.83. The van der Waals surface area contributed by atoms with Crippen molar-refractivity contribution >= 4 is 33.1 Å². The normalized spacial score (nSPS) is 10.9. The molecule has 5 nitrogen and oxygen atoms in total. The number of thiophene rings is 1. The summed E-state index contributed by atoms with van der Waals surface area (Å²) in [6, 6.07) is 9.71. The van der Waals surface area contributed by atoms with Crippen molar-refractivity contribution in [2.24, 2.45) is 0 Å². The smallest absolute Gasteiger partial charge is 0.262 e. The van der Waals surface area contributed by atoms with E-state index >= 15 is 0 Å². The van der Waals surface area contributed by atoms with Crippen LogP contribution in [0.3, 0.4) is 0 Å². The van der Waals surface area contributed by atoms with E-state index in [0.29, 0.717) is 11.9 Å². The summed E-state index contributed by atoms with van der Waals surface area (Å²) in [5.41, 5.74) is 1.96. The molecule has 0 aliphatic carbocycles. The summed E-state index contributed by atoms with van der Waals surface area (Å²) in [5.74, 6) is -0.112. The Morgan fingerprint density at radius 3 is 2.80 bits per heavy atom. The van der Waals surface area contributed by atoms with Gasteiger partial charge in [-0.15, -0.1) is 11.3 Å². The standard InChI is InChI=1S/C19H21N3O2S/c1-2-3-4-14-5-7-15(8-6-14)21-17(23)9-11-22-13-20-18-16(19(22)24)10-12-25-18/h5-8,10,12-13H,2-4,9,11H2,1H3,(H,21,23). The van der Waals surface area contributed by atoms with E-state index in [1.54, 1.807) is 6.07 Å². The average molecular weight is 355 g/mol. The van der Waals surface area contributed by atoms with Crippen molar-refractivity contribution in [2.75, 3.05) is 5.32 Å². The summed E-state index contributed by atoms with van der Waals surface area (Å²) in [7, 11) is 0. The van der Waals surface area contributed by atoms with Gasteiger partial charge in [-0.2, -0.15) is 0 Å². The van der Waals surface area contributed by atoms with E-state index in [9.17, 15) is 9.59 Å². The molecule has 0 aliphatic rings. The van der Waals surface area contributed by atoms with Gasteiger partial charge in [0.2, 0.25) is 5.91 Å². The zero-order valence-corrected chi connectivity index (χ0v) is 15.0. The molecule has 130 valence electrons. The summed E-state index contributed by atoms with van der Waals surface area (Å²) in [6.45, 7) is 2.49. The fraction of sp³-hybridized carbons (Fsp3) is 0.316. The summed E-state index contributed by atoms with van der Waals surface area (Å²) in [6.07, 6.45) is 5.14. The van der Waals surface area contributed by atoms with E-state index in [0.717, 1.165) is 16.9 Å². The second-order valence-electron chi connectivity index (χ2n) is 5.98. The SMILES string of the molecule is CCCCc1ccc(NC(=O)CCn2cnc3sccc3c2=O)cc1. The van der Waals surface area contributed by atoms with Crippen molar-refractivity contribution in [3.63, 3.8) is 0 Å². The fourth-order valence-electron chi connectivity index (χ4n) is 2.63. The summed E-state index contributed by atoms with van der Waals surface area (Å²) >= 11 is 1.44. The van der Waals surface area contributed by atoms with E-state index in [1.807, 2.05) is 29.6 Å². The maximum atomic E-state index is 12.3. The summed E-state index contributed by atoms with van der Waals surface area (Å²) < 4.78 is 1.49. The van der Waals surface area contributed by atoms with Crippen LogP contribution in [-0.4, -0.2) is 15.5 Å². The van der Waals surface area contributed by atoms with Crippen LogP contribution in [0.1, 0.15) is 31.7 Å². The Kier molecular flexibility index (Phi) is 5.60. The molecule has 0 aliphatic heterocycles. The molecule has 0 bridgehead atoms. The number of rotatable bonds is 7. The zero-order valence-electron chi connectivity index (χ0n) is 14.2. The number of carbonyl (C=O) groups is 1. The highest BCUT2D eigenvalue weighted by atomic mass is 32.1. The number of hydrogen-bond acceptors (Lipinski definition) is 4. The van der Waals surface area contributed by atoms with E-state index in [-0.39, 0.29) is 17.9 Å². The van der Waals surface area contributed by atoms with E-state index < -0.39 is 0 Å².